The number of aromatic nitrogens is 2. The molecule has 0 atom stereocenters. The molecule has 0 saturated carbocycles. The highest BCUT2D eigenvalue weighted by Crippen LogP contribution is 2.29. The molecule has 3 rings (SSSR count). The van der Waals surface area contributed by atoms with Crippen molar-refractivity contribution in [3.63, 3.8) is 0 Å². The number of nitrogens with zero attached hydrogens (tertiary/aromatic N) is 2. The van der Waals surface area contributed by atoms with Crippen LogP contribution in [0.15, 0.2) is 48.8 Å². The van der Waals surface area contributed by atoms with E-state index in [2.05, 4.69) is 9.97 Å². The zero-order chi connectivity index (χ0) is 16.2. The summed E-state index contributed by atoms with van der Waals surface area (Å²) in [6, 6.07) is 11.6. The van der Waals surface area contributed by atoms with Crippen molar-refractivity contribution >= 4 is 29.5 Å². The van der Waals surface area contributed by atoms with E-state index in [1.165, 1.54) is 16.9 Å². The van der Waals surface area contributed by atoms with E-state index in [1.807, 2.05) is 49.4 Å². The Bertz CT molecular complexity index is 852. The number of hydrogen-bond acceptors (Lipinski definition) is 4. The van der Waals surface area contributed by atoms with Gasteiger partial charge in [-0.2, -0.15) is 0 Å². The number of hydrogen-bond donors (Lipinski definition) is 1. The first-order valence-electron chi connectivity index (χ1n) is 7.03. The maximum absolute atomic E-state index is 11.4. The number of pyridine rings is 1. The second-order valence-electron chi connectivity index (χ2n) is 5.02. The lowest BCUT2D eigenvalue weighted by atomic mass is 10.1. The molecule has 1 N–H and O–H groups in total. The van der Waals surface area contributed by atoms with Crippen LogP contribution in [0.1, 0.15) is 26.5 Å². The molecule has 0 unspecified atom stereocenters. The third-order valence-corrected chi connectivity index (χ3v) is 4.39. The molecule has 5 heteroatoms. The molecule has 0 radical (unpaired) electrons. The van der Waals surface area contributed by atoms with Gasteiger partial charge < -0.3 is 5.11 Å². The van der Waals surface area contributed by atoms with Crippen molar-refractivity contribution in [2.45, 2.75) is 6.92 Å². The zero-order valence-electron chi connectivity index (χ0n) is 12.4. The van der Waals surface area contributed by atoms with Gasteiger partial charge in [0.05, 0.1) is 5.69 Å². The molecule has 23 heavy (non-hydrogen) atoms. The van der Waals surface area contributed by atoms with Crippen LogP contribution in [0.25, 0.3) is 22.7 Å². The van der Waals surface area contributed by atoms with Gasteiger partial charge in [-0.3, -0.25) is 4.98 Å². The molecule has 4 nitrogen and oxygen atoms in total. The summed E-state index contributed by atoms with van der Waals surface area (Å²) < 4.78 is 0. The van der Waals surface area contributed by atoms with E-state index in [4.69, 9.17) is 0 Å². The Labute approximate surface area is 137 Å². The van der Waals surface area contributed by atoms with Gasteiger partial charge in [-0.25, -0.2) is 9.78 Å². The van der Waals surface area contributed by atoms with Crippen molar-refractivity contribution in [3.05, 3.63) is 70.5 Å². The largest absolute Gasteiger partial charge is 0.477 e. The number of benzene rings is 1. The van der Waals surface area contributed by atoms with E-state index < -0.39 is 5.97 Å². The van der Waals surface area contributed by atoms with Crippen molar-refractivity contribution in [3.8, 4) is 10.6 Å². The van der Waals surface area contributed by atoms with Crippen LogP contribution in [0, 0.1) is 6.92 Å². The summed E-state index contributed by atoms with van der Waals surface area (Å²) in [7, 11) is 0. The molecule has 0 fully saturated rings. The maximum atomic E-state index is 11.4. The standard InChI is InChI=1S/C18H14N2O2S/c1-12-2-4-13(5-3-12)6-7-15-16(18(21)22)23-17(20-15)14-8-10-19-11-9-14/h2-11H,1H3,(H,21,22)/b7-6+. The SMILES string of the molecule is Cc1ccc(/C=C/c2nc(-c3ccncc3)sc2C(=O)O)cc1. The molecule has 2 aromatic heterocycles. The van der Waals surface area contributed by atoms with Crippen LogP contribution in [0.4, 0.5) is 0 Å². The third kappa shape index (κ3) is 3.52. The van der Waals surface area contributed by atoms with E-state index in [1.54, 1.807) is 18.5 Å². The molecule has 3 aromatic rings. The van der Waals surface area contributed by atoms with E-state index in [0.717, 1.165) is 11.1 Å². The van der Waals surface area contributed by atoms with Gasteiger partial charge in [0.15, 0.2) is 0 Å². The fourth-order valence-electron chi connectivity index (χ4n) is 2.07. The number of carbonyl (C=O) groups is 1. The number of thiazole rings is 1. The van der Waals surface area contributed by atoms with Crippen molar-refractivity contribution in [2.75, 3.05) is 0 Å². The summed E-state index contributed by atoms with van der Waals surface area (Å²) in [5.41, 5.74) is 3.52. The maximum Gasteiger partial charge on any atom is 0.348 e. The average molecular weight is 322 g/mol. The Balaban J connectivity index is 1.96. The van der Waals surface area contributed by atoms with Gasteiger partial charge in [0.1, 0.15) is 9.88 Å². The van der Waals surface area contributed by atoms with Gasteiger partial charge in [0, 0.05) is 18.0 Å². The van der Waals surface area contributed by atoms with Crippen molar-refractivity contribution in [2.24, 2.45) is 0 Å². The first-order chi connectivity index (χ1) is 11.1. The van der Waals surface area contributed by atoms with E-state index in [0.29, 0.717) is 10.7 Å². The van der Waals surface area contributed by atoms with Crippen LogP contribution >= 0.6 is 11.3 Å². The Hall–Kier alpha value is -2.79. The molecule has 0 amide bonds. The lowest BCUT2D eigenvalue weighted by Gasteiger charge is -1.95. The van der Waals surface area contributed by atoms with Crippen molar-refractivity contribution in [1.29, 1.82) is 0 Å². The summed E-state index contributed by atoms with van der Waals surface area (Å²) in [5, 5.41) is 10.1. The molecule has 0 bridgehead atoms. The highest BCUT2D eigenvalue weighted by molar-refractivity contribution is 7.17. The fourth-order valence-corrected chi connectivity index (χ4v) is 2.97. The van der Waals surface area contributed by atoms with Crippen molar-refractivity contribution in [1.82, 2.24) is 9.97 Å². The smallest absolute Gasteiger partial charge is 0.348 e. The van der Waals surface area contributed by atoms with Gasteiger partial charge in [0.25, 0.3) is 0 Å². The van der Waals surface area contributed by atoms with Gasteiger partial charge in [-0.15, -0.1) is 11.3 Å². The summed E-state index contributed by atoms with van der Waals surface area (Å²) in [6.45, 7) is 2.03. The first kappa shape index (κ1) is 15.1. The van der Waals surface area contributed by atoms with E-state index >= 15 is 0 Å². The number of aromatic carboxylic acids is 1. The quantitative estimate of drug-likeness (QED) is 0.774. The van der Waals surface area contributed by atoms with Gasteiger partial charge in [-0.1, -0.05) is 35.9 Å². The van der Waals surface area contributed by atoms with Crippen LogP contribution in [-0.4, -0.2) is 21.0 Å². The van der Waals surface area contributed by atoms with Crippen LogP contribution in [0.2, 0.25) is 0 Å². The average Bonchev–Trinajstić information content (AvgIpc) is 3.00. The summed E-state index contributed by atoms with van der Waals surface area (Å²) in [4.78, 5) is 20.1. The number of carboxylic acids is 1. The minimum atomic E-state index is -0.966. The number of rotatable bonds is 4. The zero-order valence-corrected chi connectivity index (χ0v) is 13.2. The summed E-state index contributed by atoms with van der Waals surface area (Å²) in [6.07, 6.45) is 6.95. The molecule has 114 valence electrons. The highest BCUT2D eigenvalue weighted by Gasteiger charge is 2.16. The minimum absolute atomic E-state index is 0.236. The van der Waals surface area contributed by atoms with Crippen LogP contribution in [0.3, 0.4) is 0 Å². The molecule has 0 spiro atoms. The Morgan fingerprint density at radius 3 is 2.43 bits per heavy atom. The highest BCUT2D eigenvalue weighted by atomic mass is 32.1. The first-order valence-corrected chi connectivity index (χ1v) is 7.84. The molecule has 0 aliphatic rings. The molecule has 0 saturated heterocycles. The number of aryl methyl sites for hydroxylation is 1. The Kier molecular flexibility index (Phi) is 4.30. The van der Waals surface area contributed by atoms with Crippen molar-refractivity contribution < 1.29 is 9.90 Å². The molecule has 2 heterocycles. The predicted molar refractivity (Wildman–Crippen MR) is 92.4 cm³/mol. The molecular formula is C18H14N2O2S. The molecule has 0 aliphatic carbocycles. The lowest BCUT2D eigenvalue weighted by Crippen LogP contribution is -1.94. The minimum Gasteiger partial charge on any atom is -0.477 e. The van der Waals surface area contributed by atoms with Crippen LogP contribution in [0.5, 0.6) is 0 Å². The van der Waals surface area contributed by atoms with E-state index in [9.17, 15) is 9.90 Å². The second-order valence-corrected chi connectivity index (χ2v) is 6.02. The van der Waals surface area contributed by atoms with E-state index in [-0.39, 0.29) is 4.88 Å². The summed E-state index contributed by atoms with van der Waals surface area (Å²) >= 11 is 1.17. The van der Waals surface area contributed by atoms with Gasteiger partial charge in [-0.05, 0) is 30.7 Å². The third-order valence-electron chi connectivity index (χ3n) is 3.29. The lowest BCUT2D eigenvalue weighted by molar-refractivity contribution is 0.0701. The fraction of sp³-hybridized carbons (Fsp3) is 0.0556. The predicted octanol–water partition coefficient (Wildman–Crippen LogP) is 4.38. The number of carboxylic acid groups (broad SMARTS) is 1. The second kappa shape index (κ2) is 6.54. The Morgan fingerprint density at radius 2 is 1.78 bits per heavy atom. The molecule has 1 aromatic carbocycles. The monoisotopic (exact) mass is 322 g/mol. The van der Waals surface area contributed by atoms with Crippen LogP contribution < -0.4 is 0 Å². The van der Waals surface area contributed by atoms with Crippen LogP contribution in [-0.2, 0) is 0 Å². The molecule has 0 aliphatic heterocycles. The summed E-state index contributed by atoms with van der Waals surface area (Å²) in [5.74, 6) is -0.966. The normalized spacial score (nSPS) is 11.0. The topological polar surface area (TPSA) is 63.1 Å². The van der Waals surface area contributed by atoms with Gasteiger partial charge in [0.2, 0.25) is 0 Å². The molecular weight excluding hydrogens is 308 g/mol. The van der Waals surface area contributed by atoms with Gasteiger partial charge >= 0.3 is 5.97 Å². The Morgan fingerprint density at radius 1 is 1.09 bits per heavy atom.